The van der Waals surface area contributed by atoms with Crippen LogP contribution in [-0.4, -0.2) is 35.2 Å². The van der Waals surface area contributed by atoms with E-state index in [1.54, 1.807) is 0 Å². The van der Waals surface area contributed by atoms with Crippen molar-refractivity contribution < 1.29 is 4.79 Å². The molecule has 0 aromatic carbocycles. The Bertz CT molecular complexity index is 399. The Morgan fingerprint density at radius 1 is 1.39 bits per heavy atom. The molecule has 0 aliphatic heterocycles. The van der Waals surface area contributed by atoms with E-state index in [0.29, 0.717) is 24.5 Å². The van der Waals surface area contributed by atoms with Gasteiger partial charge < -0.3 is 16.4 Å². The van der Waals surface area contributed by atoms with Gasteiger partial charge in [0.1, 0.15) is 11.6 Å². The number of thioether (sulfide) groups is 1. The molecule has 0 radical (unpaired) electrons. The molecule has 100 valence electrons. The minimum atomic E-state index is -0.280. The number of carbonyl (C=O) groups is 1. The van der Waals surface area contributed by atoms with Crippen molar-refractivity contribution in [2.24, 2.45) is 5.73 Å². The van der Waals surface area contributed by atoms with E-state index in [2.05, 4.69) is 20.6 Å². The molecule has 0 spiro atoms. The summed E-state index contributed by atoms with van der Waals surface area (Å²) in [5.74, 6) is 1.28. The van der Waals surface area contributed by atoms with Crippen LogP contribution in [0.2, 0.25) is 0 Å². The van der Waals surface area contributed by atoms with E-state index in [9.17, 15) is 4.79 Å². The number of nitrogens with zero attached hydrogens (tertiary/aromatic N) is 2. The fourth-order valence-electron chi connectivity index (χ4n) is 1.36. The first-order chi connectivity index (χ1) is 8.65. The van der Waals surface area contributed by atoms with Crippen LogP contribution >= 0.6 is 11.8 Å². The SMILES string of the molecule is CCNc1cc(NCCCC(N)=O)nc(SC)n1. The van der Waals surface area contributed by atoms with E-state index < -0.39 is 0 Å². The Morgan fingerprint density at radius 3 is 2.61 bits per heavy atom. The monoisotopic (exact) mass is 269 g/mol. The zero-order valence-electron chi connectivity index (χ0n) is 10.7. The molecule has 0 atom stereocenters. The Hall–Kier alpha value is -1.50. The zero-order chi connectivity index (χ0) is 13.4. The van der Waals surface area contributed by atoms with Gasteiger partial charge in [-0.05, 0) is 19.6 Å². The van der Waals surface area contributed by atoms with Crippen molar-refractivity contribution in [2.75, 3.05) is 30.0 Å². The lowest BCUT2D eigenvalue weighted by Crippen LogP contribution is -2.13. The van der Waals surface area contributed by atoms with Gasteiger partial charge in [0, 0.05) is 25.6 Å². The molecule has 4 N–H and O–H groups in total. The normalized spacial score (nSPS) is 10.1. The van der Waals surface area contributed by atoms with Gasteiger partial charge >= 0.3 is 0 Å². The quantitative estimate of drug-likeness (QED) is 0.374. The number of carbonyl (C=O) groups excluding carboxylic acids is 1. The minimum Gasteiger partial charge on any atom is -0.370 e. The standard InChI is InChI=1S/C11H19N5OS/c1-3-13-9-7-10(16-11(15-9)18-2)14-6-4-5-8(12)17/h7H,3-6H2,1-2H3,(H2,12,17)(H2,13,14,15,16). The number of hydrogen-bond acceptors (Lipinski definition) is 6. The molecule has 0 aliphatic carbocycles. The van der Waals surface area contributed by atoms with Crippen LogP contribution in [0, 0.1) is 0 Å². The van der Waals surface area contributed by atoms with Gasteiger partial charge in [0.05, 0.1) is 0 Å². The largest absolute Gasteiger partial charge is 0.370 e. The number of primary amides is 1. The first-order valence-corrected chi connectivity index (χ1v) is 7.07. The molecule has 1 aromatic heterocycles. The number of nitrogens with one attached hydrogen (secondary N) is 2. The Morgan fingerprint density at radius 2 is 2.06 bits per heavy atom. The molecule has 0 aliphatic rings. The lowest BCUT2D eigenvalue weighted by molar-refractivity contribution is -0.118. The number of anilines is 2. The number of rotatable bonds is 8. The highest BCUT2D eigenvalue weighted by Crippen LogP contribution is 2.17. The third-order valence-electron chi connectivity index (χ3n) is 2.15. The molecule has 0 saturated carbocycles. The number of amides is 1. The van der Waals surface area contributed by atoms with Crippen molar-refractivity contribution in [3.05, 3.63) is 6.07 Å². The molecular formula is C11H19N5OS. The van der Waals surface area contributed by atoms with Gasteiger partial charge in [0.2, 0.25) is 5.91 Å². The maximum Gasteiger partial charge on any atom is 0.217 e. The molecule has 18 heavy (non-hydrogen) atoms. The van der Waals surface area contributed by atoms with Gasteiger partial charge in [-0.2, -0.15) is 0 Å². The molecule has 0 saturated heterocycles. The summed E-state index contributed by atoms with van der Waals surface area (Å²) in [6.45, 7) is 3.49. The fourth-order valence-corrected chi connectivity index (χ4v) is 1.74. The van der Waals surface area contributed by atoms with Crippen LogP contribution in [0.3, 0.4) is 0 Å². The maximum atomic E-state index is 10.6. The molecule has 0 fully saturated rings. The highest BCUT2D eigenvalue weighted by atomic mass is 32.2. The third-order valence-corrected chi connectivity index (χ3v) is 2.70. The lowest BCUT2D eigenvalue weighted by Gasteiger charge is -2.09. The van der Waals surface area contributed by atoms with E-state index in [1.165, 1.54) is 11.8 Å². The molecule has 6 nitrogen and oxygen atoms in total. The smallest absolute Gasteiger partial charge is 0.217 e. The lowest BCUT2D eigenvalue weighted by atomic mass is 10.3. The van der Waals surface area contributed by atoms with E-state index in [1.807, 2.05) is 19.2 Å². The number of nitrogens with two attached hydrogens (primary N) is 1. The molecule has 1 aromatic rings. The van der Waals surface area contributed by atoms with Gasteiger partial charge in [-0.1, -0.05) is 11.8 Å². The van der Waals surface area contributed by atoms with Crippen molar-refractivity contribution in [3.63, 3.8) is 0 Å². The van der Waals surface area contributed by atoms with Crippen LogP contribution in [0.25, 0.3) is 0 Å². The van der Waals surface area contributed by atoms with Crippen LogP contribution in [0.5, 0.6) is 0 Å². The second-order valence-corrected chi connectivity index (χ2v) is 4.43. The number of hydrogen-bond donors (Lipinski definition) is 3. The zero-order valence-corrected chi connectivity index (χ0v) is 11.5. The third kappa shape index (κ3) is 5.22. The van der Waals surface area contributed by atoms with Gasteiger partial charge in [0.15, 0.2) is 5.16 Å². The van der Waals surface area contributed by atoms with Gasteiger partial charge in [-0.3, -0.25) is 4.79 Å². The highest BCUT2D eigenvalue weighted by molar-refractivity contribution is 7.98. The summed E-state index contributed by atoms with van der Waals surface area (Å²) in [6, 6.07) is 1.85. The average Bonchev–Trinajstić information content (AvgIpc) is 2.34. The highest BCUT2D eigenvalue weighted by Gasteiger charge is 2.03. The summed E-state index contributed by atoms with van der Waals surface area (Å²) >= 11 is 1.49. The molecule has 0 bridgehead atoms. The second kappa shape index (κ2) is 7.75. The molecule has 1 rings (SSSR count). The summed E-state index contributed by atoms with van der Waals surface area (Å²) in [4.78, 5) is 19.3. The van der Waals surface area contributed by atoms with E-state index in [-0.39, 0.29) is 5.91 Å². The maximum absolute atomic E-state index is 10.6. The predicted octanol–water partition coefficient (Wildman–Crippen LogP) is 1.31. The second-order valence-electron chi connectivity index (χ2n) is 3.65. The van der Waals surface area contributed by atoms with E-state index in [0.717, 1.165) is 18.2 Å². The minimum absolute atomic E-state index is 0.280. The molecule has 1 heterocycles. The number of aromatic nitrogens is 2. The van der Waals surface area contributed by atoms with Crippen LogP contribution in [0.1, 0.15) is 19.8 Å². The van der Waals surface area contributed by atoms with Crippen molar-refractivity contribution in [1.82, 2.24) is 9.97 Å². The van der Waals surface area contributed by atoms with Crippen molar-refractivity contribution in [1.29, 1.82) is 0 Å². The van der Waals surface area contributed by atoms with Crippen molar-refractivity contribution in [3.8, 4) is 0 Å². The Kier molecular flexibility index (Phi) is 6.27. The van der Waals surface area contributed by atoms with Crippen molar-refractivity contribution in [2.45, 2.75) is 24.9 Å². The molecule has 0 unspecified atom stereocenters. The van der Waals surface area contributed by atoms with Crippen LogP contribution in [0.4, 0.5) is 11.6 Å². The fraction of sp³-hybridized carbons (Fsp3) is 0.545. The summed E-state index contributed by atoms with van der Waals surface area (Å²) in [5, 5.41) is 7.03. The van der Waals surface area contributed by atoms with Gasteiger partial charge in [-0.25, -0.2) is 9.97 Å². The molecule has 1 amide bonds. The Balaban J connectivity index is 2.57. The molecular weight excluding hydrogens is 250 g/mol. The average molecular weight is 269 g/mol. The summed E-state index contributed by atoms with van der Waals surface area (Å²) in [7, 11) is 0. The summed E-state index contributed by atoms with van der Waals surface area (Å²) in [5.41, 5.74) is 5.08. The molecule has 7 heteroatoms. The first-order valence-electron chi connectivity index (χ1n) is 5.84. The van der Waals surface area contributed by atoms with E-state index in [4.69, 9.17) is 5.73 Å². The van der Waals surface area contributed by atoms with Crippen LogP contribution in [0.15, 0.2) is 11.2 Å². The summed E-state index contributed by atoms with van der Waals surface area (Å²) < 4.78 is 0. The van der Waals surface area contributed by atoms with Gasteiger partial charge in [-0.15, -0.1) is 0 Å². The van der Waals surface area contributed by atoms with Crippen LogP contribution in [-0.2, 0) is 4.79 Å². The topological polar surface area (TPSA) is 92.9 Å². The first kappa shape index (κ1) is 14.6. The Labute approximate surface area is 111 Å². The van der Waals surface area contributed by atoms with Crippen LogP contribution < -0.4 is 16.4 Å². The predicted molar refractivity (Wildman–Crippen MR) is 74.9 cm³/mol. The van der Waals surface area contributed by atoms with Crippen molar-refractivity contribution >= 4 is 29.3 Å². The van der Waals surface area contributed by atoms with E-state index >= 15 is 0 Å². The van der Waals surface area contributed by atoms with Gasteiger partial charge in [0.25, 0.3) is 0 Å². The summed E-state index contributed by atoms with van der Waals surface area (Å²) in [6.07, 6.45) is 3.01.